The molecule has 0 radical (unpaired) electrons. The molecule has 0 atom stereocenters. The number of nitrogens with one attached hydrogen (secondary N) is 2. The van der Waals surface area contributed by atoms with Gasteiger partial charge in [0.25, 0.3) is 5.91 Å². The van der Waals surface area contributed by atoms with E-state index in [1.165, 1.54) is 18.2 Å². The minimum absolute atomic E-state index is 0.0973. The fourth-order valence-electron chi connectivity index (χ4n) is 3.20. The number of rotatable bonds is 3. The number of hydrogen-bond donors (Lipinski definition) is 2. The number of oxazole rings is 1. The fraction of sp³-hybridized carbons (Fsp3) is 0. The van der Waals surface area contributed by atoms with Gasteiger partial charge in [-0.2, -0.15) is 0 Å². The zero-order valence-corrected chi connectivity index (χ0v) is 17.8. The predicted octanol–water partition coefficient (Wildman–Crippen LogP) is 6.16. The maximum Gasteiger partial charge on any atom is 0.293 e. The highest BCUT2D eigenvalue weighted by molar-refractivity contribution is 7.80. The van der Waals surface area contributed by atoms with Gasteiger partial charge in [-0.3, -0.25) is 10.1 Å². The molecule has 2 heterocycles. The minimum Gasteiger partial charge on any atom is -0.451 e. The summed E-state index contributed by atoms with van der Waals surface area (Å²) < 4.78 is 24.6. The van der Waals surface area contributed by atoms with E-state index in [0.29, 0.717) is 27.9 Å². The van der Waals surface area contributed by atoms with E-state index in [-0.39, 0.29) is 21.8 Å². The van der Waals surface area contributed by atoms with Gasteiger partial charge in [0, 0.05) is 11.1 Å². The molecule has 158 valence electrons. The Morgan fingerprint density at radius 1 is 1.00 bits per heavy atom. The molecule has 1 amide bonds. The Kier molecular flexibility index (Phi) is 5.08. The lowest BCUT2D eigenvalue weighted by Gasteiger charge is -2.08. The van der Waals surface area contributed by atoms with Crippen LogP contribution in [0.2, 0.25) is 5.02 Å². The lowest BCUT2D eigenvalue weighted by molar-refractivity contribution is 0.0953. The van der Waals surface area contributed by atoms with Crippen LogP contribution >= 0.6 is 23.8 Å². The topological polar surface area (TPSA) is 80.3 Å². The molecule has 6 nitrogen and oxygen atoms in total. The van der Waals surface area contributed by atoms with Crippen LogP contribution in [0.25, 0.3) is 33.5 Å². The van der Waals surface area contributed by atoms with Crippen LogP contribution in [-0.4, -0.2) is 16.0 Å². The summed E-state index contributed by atoms with van der Waals surface area (Å²) in [6, 6.07) is 18.1. The molecule has 32 heavy (non-hydrogen) atoms. The van der Waals surface area contributed by atoms with E-state index in [2.05, 4.69) is 15.6 Å². The zero-order chi connectivity index (χ0) is 22.2. The first-order valence-electron chi connectivity index (χ1n) is 9.43. The van der Waals surface area contributed by atoms with Crippen molar-refractivity contribution in [1.82, 2.24) is 10.3 Å². The first kappa shape index (κ1) is 20.2. The van der Waals surface area contributed by atoms with E-state index in [9.17, 15) is 9.18 Å². The molecule has 0 saturated carbocycles. The van der Waals surface area contributed by atoms with Crippen molar-refractivity contribution in [2.75, 3.05) is 5.32 Å². The lowest BCUT2D eigenvalue weighted by Crippen LogP contribution is -2.33. The molecule has 5 rings (SSSR count). The number of benzene rings is 3. The van der Waals surface area contributed by atoms with Gasteiger partial charge in [0.15, 0.2) is 16.5 Å². The van der Waals surface area contributed by atoms with E-state index in [1.54, 1.807) is 30.3 Å². The Morgan fingerprint density at radius 3 is 2.66 bits per heavy atom. The SMILES string of the molecule is O=C(NC(=S)Nc1ccc2oc(-c3ccc(F)cc3Cl)nc2c1)c1cc2ccccc2o1. The van der Waals surface area contributed by atoms with Crippen molar-refractivity contribution < 1.29 is 18.0 Å². The molecule has 0 bridgehead atoms. The van der Waals surface area contributed by atoms with Gasteiger partial charge in [-0.1, -0.05) is 29.8 Å². The first-order valence-corrected chi connectivity index (χ1v) is 10.2. The first-order chi connectivity index (χ1) is 15.5. The molecule has 9 heteroatoms. The second kappa shape index (κ2) is 8.07. The highest BCUT2D eigenvalue weighted by atomic mass is 35.5. The van der Waals surface area contributed by atoms with Crippen LogP contribution in [0.4, 0.5) is 10.1 Å². The summed E-state index contributed by atoms with van der Waals surface area (Å²) in [5.74, 6) is -0.486. The Morgan fingerprint density at radius 2 is 1.84 bits per heavy atom. The third-order valence-corrected chi connectivity index (χ3v) is 5.20. The molecule has 0 fully saturated rings. The summed E-state index contributed by atoms with van der Waals surface area (Å²) in [4.78, 5) is 16.9. The van der Waals surface area contributed by atoms with Crippen LogP contribution in [0.3, 0.4) is 0 Å². The number of halogens is 2. The molecule has 0 aliphatic carbocycles. The molecule has 3 aromatic carbocycles. The van der Waals surface area contributed by atoms with Crippen molar-refractivity contribution in [2.45, 2.75) is 0 Å². The summed E-state index contributed by atoms with van der Waals surface area (Å²) >= 11 is 11.3. The van der Waals surface area contributed by atoms with E-state index in [4.69, 9.17) is 32.7 Å². The Labute approximate surface area is 191 Å². The van der Waals surface area contributed by atoms with Crippen LogP contribution in [0.15, 0.2) is 75.6 Å². The number of thiocarbonyl (C=S) groups is 1. The highest BCUT2D eigenvalue weighted by Gasteiger charge is 2.15. The average molecular weight is 466 g/mol. The normalized spacial score (nSPS) is 11.1. The summed E-state index contributed by atoms with van der Waals surface area (Å²) in [5, 5.41) is 6.65. The number of carbonyl (C=O) groups excluding carboxylic acids is 1. The minimum atomic E-state index is -0.463. The summed E-state index contributed by atoms with van der Waals surface area (Å²) in [5.41, 5.74) is 2.75. The Bertz CT molecular complexity index is 1480. The van der Waals surface area contributed by atoms with Crippen LogP contribution in [0.1, 0.15) is 10.6 Å². The lowest BCUT2D eigenvalue weighted by atomic mass is 10.2. The summed E-state index contributed by atoms with van der Waals surface area (Å²) in [6.45, 7) is 0. The van der Waals surface area contributed by atoms with E-state index < -0.39 is 11.7 Å². The quantitative estimate of drug-likeness (QED) is 0.310. The number of nitrogens with zero attached hydrogens (tertiary/aromatic N) is 1. The zero-order valence-electron chi connectivity index (χ0n) is 16.2. The maximum atomic E-state index is 13.3. The molecule has 0 spiro atoms. The summed E-state index contributed by atoms with van der Waals surface area (Å²) in [7, 11) is 0. The molecule has 0 saturated heterocycles. The molecule has 2 N–H and O–H groups in total. The fourth-order valence-corrected chi connectivity index (χ4v) is 3.66. The Hall–Kier alpha value is -3.75. The van der Waals surface area contributed by atoms with Crippen LogP contribution in [-0.2, 0) is 0 Å². The smallest absolute Gasteiger partial charge is 0.293 e. The number of hydrogen-bond acceptors (Lipinski definition) is 5. The number of fused-ring (bicyclic) bond motifs is 2. The largest absolute Gasteiger partial charge is 0.451 e. The molecule has 0 aliphatic heterocycles. The Balaban J connectivity index is 1.32. The van der Waals surface area contributed by atoms with Crippen molar-refractivity contribution >= 4 is 62.6 Å². The third kappa shape index (κ3) is 3.93. The molecule has 0 aliphatic rings. The van der Waals surface area contributed by atoms with Crippen LogP contribution in [0, 0.1) is 5.82 Å². The van der Waals surface area contributed by atoms with Gasteiger partial charge in [0.1, 0.15) is 16.9 Å². The number of carbonyl (C=O) groups is 1. The van der Waals surface area contributed by atoms with Crippen LogP contribution in [0.5, 0.6) is 0 Å². The molecular weight excluding hydrogens is 453 g/mol. The second-order valence-electron chi connectivity index (χ2n) is 6.88. The standard InChI is InChI=1S/C23H13ClFN3O3S/c24-16-10-13(25)5-7-15(16)22-27-17-11-14(6-8-19(17)31-22)26-23(32)28-21(29)20-9-12-3-1-2-4-18(12)30-20/h1-11H,(H2,26,28,29,32). The van der Waals surface area contributed by atoms with Crippen LogP contribution < -0.4 is 10.6 Å². The van der Waals surface area contributed by atoms with E-state index in [0.717, 1.165) is 5.39 Å². The van der Waals surface area contributed by atoms with Crippen molar-refractivity contribution in [3.8, 4) is 11.5 Å². The van der Waals surface area contributed by atoms with Gasteiger partial charge >= 0.3 is 0 Å². The number of anilines is 1. The van der Waals surface area contributed by atoms with Gasteiger partial charge in [0.2, 0.25) is 5.89 Å². The monoisotopic (exact) mass is 465 g/mol. The third-order valence-electron chi connectivity index (χ3n) is 4.68. The van der Waals surface area contributed by atoms with Crippen molar-refractivity contribution in [1.29, 1.82) is 0 Å². The average Bonchev–Trinajstić information content (AvgIpc) is 3.37. The number of furan rings is 1. The maximum absolute atomic E-state index is 13.3. The summed E-state index contributed by atoms with van der Waals surface area (Å²) in [6.07, 6.45) is 0. The molecule has 0 unspecified atom stereocenters. The molecule has 5 aromatic rings. The van der Waals surface area contributed by atoms with Gasteiger partial charge < -0.3 is 14.2 Å². The predicted molar refractivity (Wildman–Crippen MR) is 124 cm³/mol. The van der Waals surface area contributed by atoms with Crippen molar-refractivity contribution in [2.24, 2.45) is 0 Å². The van der Waals surface area contributed by atoms with E-state index >= 15 is 0 Å². The number of para-hydroxylation sites is 1. The molecule has 2 aromatic heterocycles. The molecular formula is C23H13ClFN3O3S. The van der Waals surface area contributed by atoms with Gasteiger partial charge in [-0.05, 0) is 60.7 Å². The number of aromatic nitrogens is 1. The van der Waals surface area contributed by atoms with Gasteiger partial charge in [-0.25, -0.2) is 9.37 Å². The number of amides is 1. The van der Waals surface area contributed by atoms with Crippen molar-refractivity contribution in [3.05, 3.63) is 83.3 Å². The second-order valence-corrected chi connectivity index (χ2v) is 7.70. The van der Waals surface area contributed by atoms with Crippen molar-refractivity contribution in [3.63, 3.8) is 0 Å². The van der Waals surface area contributed by atoms with Gasteiger partial charge in [0.05, 0.1) is 10.6 Å². The highest BCUT2D eigenvalue weighted by Crippen LogP contribution is 2.31. The van der Waals surface area contributed by atoms with E-state index in [1.807, 2.05) is 18.2 Å². The van der Waals surface area contributed by atoms with Gasteiger partial charge in [-0.15, -0.1) is 0 Å².